The Balaban J connectivity index is 2.26. The van der Waals surface area contributed by atoms with Crippen molar-refractivity contribution in [3.8, 4) is 0 Å². The molecule has 0 fully saturated rings. The molecule has 0 radical (unpaired) electrons. The first kappa shape index (κ1) is 16.5. The van der Waals surface area contributed by atoms with Crippen LogP contribution in [-0.2, 0) is 0 Å². The average Bonchev–Trinajstić information content (AvgIpc) is 2.54. The Morgan fingerprint density at radius 3 is 2.83 bits per heavy atom. The summed E-state index contributed by atoms with van der Waals surface area (Å²) < 4.78 is 13.7. The molecule has 0 amide bonds. The largest absolute Gasteiger partial charge is 0.303 e. The molecule has 5 nitrogen and oxygen atoms in total. The second kappa shape index (κ2) is 6.28. The van der Waals surface area contributed by atoms with Crippen LogP contribution in [0.3, 0.4) is 0 Å². The van der Waals surface area contributed by atoms with Gasteiger partial charge < -0.3 is 4.90 Å². The first-order valence-electron chi connectivity index (χ1n) is 7.53. The van der Waals surface area contributed by atoms with Gasteiger partial charge in [0.2, 0.25) is 0 Å². The molecule has 3 rings (SSSR count). The predicted molar refractivity (Wildman–Crippen MR) is 92.1 cm³/mol. The van der Waals surface area contributed by atoms with Gasteiger partial charge >= 0.3 is 0 Å². The lowest BCUT2D eigenvalue weighted by Gasteiger charge is -2.30. The number of aliphatic imine (C=N–C) groups is 1. The lowest BCUT2D eigenvalue weighted by molar-refractivity contribution is 0.101. The highest BCUT2D eigenvalue weighted by molar-refractivity contribution is 6.29. The zero-order valence-electron chi connectivity index (χ0n) is 13.5. The lowest BCUT2D eigenvalue weighted by Crippen LogP contribution is -2.27. The van der Waals surface area contributed by atoms with E-state index < -0.39 is 5.82 Å². The third-order valence-corrected chi connectivity index (χ3v) is 4.06. The van der Waals surface area contributed by atoms with Crippen molar-refractivity contribution in [2.75, 3.05) is 11.6 Å². The standard InChI is InChI=1S/C17H16ClFN4O/c1-9(2)14-15(12(10(3)24)4-5-21-14)23-8-20-7-11-6-13(19)16(18)22-17(11)23/h4-7,9H,8H2,1-3H3. The Bertz CT molecular complexity index is 851. The second-order valence-corrected chi connectivity index (χ2v) is 6.22. The van der Waals surface area contributed by atoms with Crippen LogP contribution < -0.4 is 4.90 Å². The fraction of sp³-hybridized carbons (Fsp3) is 0.294. The van der Waals surface area contributed by atoms with Crippen LogP contribution in [0, 0.1) is 5.82 Å². The van der Waals surface area contributed by atoms with E-state index in [0.717, 1.165) is 5.69 Å². The molecular weight excluding hydrogens is 331 g/mol. The maximum Gasteiger partial charge on any atom is 0.167 e. The molecule has 0 aliphatic carbocycles. The number of fused-ring (bicyclic) bond motifs is 1. The van der Waals surface area contributed by atoms with Crippen molar-refractivity contribution in [1.82, 2.24) is 9.97 Å². The highest BCUT2D eigenvalue weighted by atomic mass is 35.5. The fourth-order valence-corrected chi connectivity index (χ4v) is 2.84. The maximum absolute atomic E-state index is 13.7. The zero-order chi connectivity index (χ0) is 17.4. The fourth-order valence-electron chi connectivity index (χ4n) is 2.71. The Morgan fingerprint density at radius 2 is 2.17 bits per heavy atom. The van der Waals surface area contributed by atoms with E-state index in [4.69, 9.17) is 11.6 Å². The van der Waals surface area contributed by atoms with Crippen LogP contribution in [0.1, 0.15) is 48.3 Å². The summed E-state index contributed by atoms with van der Waals surface area (Å²) in [6.45, 7) is 5.75. The molecule has 1 aliphatic rings. The van der Waals surface area contributed by atoms with Crippen molar-refractivity contribution in [1.29, 1.82) is 0 Å². The molecule has 2 aromatic heterocycles. The van der Waals surface area contributed by atoms with Gasteiger partial charge in [-0.3, -0.25) is 14.8 Å². The molecule has 0 aromatic carbocycles. The van der Waals surface area contributed by atoms with E-state index in [1.807, 2.05) is 13.8 Å². The van der Waals surface area contributed by atoms with Gasteiger partial charge in [0.15, 0.2) is 16.8 Å². The first-order valence-corrected chi connectivity index (χ1v) is 7.91. The van der Waals surface area contributed by atoms with E-state index >= 15 is 0 Å². The molecule has 0 spiro atoms. The Morgan fingerprint density at radius 1 is 1.42 bits per heavy atom. The number of Topliss-reactive ketones (excluding diaryl/α,β-unsaturated/α-hetero) is 1. The summed E-state index contributed by atoms with van der Waals surface area (Å²) in [6, 6.07) is 2.96. The predicted octanol–water partition coefficient (Wildman–Crippen LogP) is 4.12. The molecule has 0 atom stereocenters. The van der Waals surface area contributed by atoms with Gasteiger partial charge in [-0.05, 0) is 25.0 Å². The third kappa shape index (κ3) is 2.78. The summed E-state index contributed by atoms with van der Waals surface area (Å²) in [5.74, 6) is -0.136. The smallest absolute Gasteiger partial charge is 0.167 e. The van der Waals surface area contributed by atoms with Gasteiger partial charge in [-0.25, -0.2) is 9.37 Å². The number of nitrogens with zero attached hydrogens (tertiary/aromatic N) is 4. The van der Waals surface area contributed by atoms with Crippen molar-refractivity contribution in [3.05, 3.63) is 46.1 Å². The van der Waals surface area contributed by atoms with Crippen LogP contribution in [0.4, 0.5) is 15.9 Å². The van der Waals surface area contributed by atoms with Gasteiger partial charge in [-0.15, -0.1) is 0 Å². The minimum Gasteiger partial charge on any atom is -0.303 e. The van der Waals surface area contributed by atoms with Crippen LogP contribution in [0.5, 0.6) is 0 Å². The SMILES string of the molecule is CC(=O)c1ccnc(C(C)C)c1N1CN=Cc2cc(F)c(Cl)nc21. The van der Waals surface area contributed by atoms with E-state index in [1.165, 1.54) is 13.0 Å². The summed E-state index contributed by atoms with van der Waals surface area (Å²) in [5, 5.41) is -0.214. The third-order valence-electron chi connectivity index (χ3n) is 3.80. The van der Waals surface area contributed by atoms with Crippen molar-refractivity contribution < 1.29 is 9.18 Å². The topological polar surface area (TPSA) is 58.5 Å². The van der Waals surface area contributed by atoms with E-state index in [0.29, 0.717) is 22.6 Å². The van der Waals surface area contributed by atoms with Crippen molar-refractivity contribution in [3.63, 3.8) is 0 Å². The molecule has 0 unspecified atom stereocenters. The van der Waals surface area contributed by atoms with Gasteiger partial charge in [0.05, 0.1) is 11.4 Å². The quantitative estimate of drug-likeness (QED) is 0.619. The summed E-state index contributed by atoms with van der Waals surface area (Å²) in [5.41, 5.74) is 2.44. The molecule has 0 saturated carbocycles. The molecule has 0 bridgehead atoms. The van der Waals surface area contributed by atoms with E-state index in [9.17, 15) is 9.18 Å². The number of pyridine rings is 2. The van der Waals surface area contributed by atoms with Gasteiger partial charge in [-0.2, -0.15) is 0 Å². The van der Waals surface area contributed by atoms with Crippen LogP contribution in [0.25, 0.3) is 0 Å². The normalized spacial score (nSPS) is 13.3. The number of aromatic nitrogens is 2. The average molecular weight is 347 g/mol. The molecule has 7 heteroatoms. The molecule has 124 valence electrons. The van der Waals surface area contributed by atoms with Gasteiger partial charge in [0.25, 0.3) is 0 Å². The highest BCUT2D eigenvalue weighted by Gasteiger charge is 2.27. The van der Waals surface area contributed by atoms with E-state index in [1.54, 1.807) is 23.4 Å². The number of hydrogen-bond donors (Lipinski definition) is 0. The summed E-state index contributed by atoms with van der Waals surface area (Å²) in [6.07, 6.45) is 3.17. The van der Waals surface area contributed by atoms with Crippen molar-refractivity contribution in [2.45, 2.75) is 26.7 Å². The van der Waals surface area contributed by atoms with Crippen molar-refractivity contribution in [2.24, 2.45) is 4.99 Å². The zero-order valence-corrected chi connectivity index (χ0v) is 14.3. The van der Waals surface area contributed by atoms with Crippen molar-refractivity contribution >= 4 is 35.1 Å². The number of rotatable bonds is 3. The Kier molecular flexibility index (Phi) is 4.32. The van der Waals surface area contributed by atoms with Crippen LogP contribution >= 0.6 is 11.6 Å². The molecule has 3 heterocycles. The van der Waals surface area contributed by atoms with Gasteiger partial charge in [-0.1, -0.05) is 25.4 Å². The lowest BCUT2D eigenvalue weighted by atomic mass is 10.0. The van der Waals surface area contributed by atoms with E-state index in [2.05, 4.69) is 15.0 Å². The second-order valence-electron chi connectivity index (χ2n) is 5.86. The Hall–Kier alpha value is -2.34. The molecule has 2 aromatic rings. The summed E-state index contributed by atoms with van der Waals surface area (Å²) in [4.78, 5) is 26.7. The van der Waals surface area contributed by atoms with Gasteiger partial charge in [0, 0.05) is 23.5 Å². The Labute approximate surface area is 144 Å². The molecular formula is C17H16ClFN4O. The summed E-state index contributed by atoms with van der Waals surface area (Å²) in [7, 11) is 0. The number of carbonyl (C=O) groups is 1. The molecule has 1 aliphatic heterocycles. The van der Waals surface area contributed by atoms with Crippen LogP contribution in [0.2, 0.25) is 5.15 Å². The summed E-state index contributed by atoms with van der Waals surface area (Å²) >= 11 is 5.86. The highest BCUT2D eigenvalue weighted by Crippen LogP contribution is 2.37. The minimum atomic E-state index is -0.606. The number of ketones is 1. The maximum atomic E-state index is 13.7. The number of anilines is 2. The molecule has 0 saturated heterocycles. The first-order chi connectivity index (χ1) is 11.4. The number of hydrogen-bond acceptors (Lipinski definition) is 5. The minimum absolute atomic E-state index is 0.0846. The number of carbonyl (C=O) groups excluding carboxylic acids is 1. The molecule has 24 heavy (non-hydrogen) atoms. The van der Waals surface area contributed by atoms with Crippen LogP contribution in [0.15, 0.2) is 23.3 Å². The monoisotopic (exact) mass is 346 g/mol. The van der Waals surface area contributed by atoms with Crippen LogP contribution in [-0.4, -0.2) is 28.6 Å². The van der Waals surface area contributed by atoms with E-state index in [-0.39, 0.29) is 23.5 Å². The van der Waals surface area contributed by atoms with Gasteiger partial charge in [0.1, 0.15) is 12.5 Å². The number of halogens is 2. The molecule has 0 N–H and O–H groups in total.